The molecule has 0 saturated heterocycles. The zero-order valence-electron chi connectivity index (χ0n) is 3.01. The van der Waals surface area contributed by atoms with Crippen molar-refractivity contribution < 1.29 is 4.74 Å². The first-order valence-corrected chi connectivity index (χ1v) is 1.46. The summed E-state index contributed by atoms with van der Waals surface area (Å²) >= 11 is 0. The van der Waals surface area contributed by atoms with E-state index >= 15 is 0 Å². The zero-order chi connectivity index (χ0) is 4.41. The fourth-order valence-corrected chi connectivity index (χ4v) is 0.199. The molecular formula is C2H4N3O. The Balaban J connectivity index is 2.32. The molecule has 6 heavy (non-hydrogen) atoms. The summed E-state index contributed by atoms with van der Waals surface area (Å²) in [5, 5.41) is 3.41. The molecule has 1 aliphatic rings. The van der Waals surface area contributed by atoms with E-state index in [4.69, 9.17) is 5.73 Å². The summed E-state index contributed by atoms with van der Waals surface area (Å²) in [6.45, 7) is 0. The van der Waals surface area contributed by atoms with Gasteiger partial charge in [-0.3, -0.25) is 5.73 Å². The van der Waals surface area contributed by atoms with Crippen LogP contribution in [-0.4, -0.2) is 6.40 Å². The Kier molecular flexibility index (Phi) is 0.648. The van der Waals surface area contributed by atoms with Crippen molar-refractivity contribution in [1.29, 1.82) is 0 Å². The fourth-order valence-electron chi connectivity index (χ4n) is 0.199. The minimum absolute atomic E-state index is 0.231. The number of nitrogens with zero attached hydrogens (tertiary/aromatic N) is 1. The van der Waals surface area contributed by atoms with E-state index in [2.05, 4.69) is 15.3 Å². The van der Waals surface area contributed by atoms with Crippen molar-refractivity contribution in [3.8, 4) is 0 Å². The van der Waals surface area contributed by atoms with Gasteiger partial charge in [0.15, 0.2) is 6.40 Å². The summed E-state index contributed by atoms with van der Waals surface area (Å²) < 4.78 is 4.44. The Hall–Kier alpha value is -0.770. The molecule has 1 rings (SSSR count). The van der Waals surface area contributed by atoms with E-state index in [0.717, 1.165) is 0 Å². The molecule has 0 amide bonds. The molecule has 1 aliphatic heterocycles. The molecule has 1 heterocycles. The smallest absolute Gasteiger partial charge is 0.329 e. The van der Waals surface area contributed by atoms with Crippen LogP contribution in [0.1, 0.15) is 0 Å². The second kappa shape index (κ2) is 1.14. The molecule has 33 valence electrons. The molecule has 0 saturated carbocycles. The van der Waals surface area contributed by atoms with Gasteiger partial charge in [0.2, 0.25) is 0 Å². The quantitative estimate of drug-likeness (QED) is 0.395. The molecule has 4 heteroatoms. The highest BCUT2D eigenvalue weighted by atomic mass is 16.5. The standard InChI is InChI=1S/C2H4N3O/c3-2-5-4-1-6-2/h1,5H,3H2. The second-order valence-electron chi connectivity index (χ2n) is 0.828. The van der Waals surface area contributed by atoms with Crippen LogP contribution in [0.5, 0.6) is 0 Å². The van der Waals surface area contributed by atoms with E-state index in [1.807, 2.05) is 0 Å². The third-order valence-corrected chi connectivity index (χ3v) is 0.407. The van der Waals surface area contributed by atoms with Gasteiger partial charge in [0.1, 0.15) is 0 Å². The van der Waals surface area contributed by atoms with Crippen LogP contribution >= 0.6 is 0 Å². The van der Waals surface area contributed by atoms with E-state index < -0.39 is 0 Å². The molecule has 0 fully saturated rings. The van der Waals surface area contributed by atoms with Gasteiger partial charge >= 0.3 is 6.35 Å². The van der Waals surface area contributed by atoms with Gasteiger partial charge in [-0.05, 0) is 0 Å². The predicted molar refractivity (Wildman–Crippen MR) is 20.1 cm³/mol. The largest absolute Gasteiger partial charge is 0.434 e. The van der Waals surface area contributed by atoms with Gasteiger partial charge in [-0.25, -0.2) is 5.43 Å². The maximum atomic E-state index is 4.99. The highest BCUT2D eigenvalue weighted by Crippen LogP contribution is 1.87. The summed E-state index contributed by atoms with van der Waals surface area (Å²) in [5.41, 5.74) is 7.35. The van der Waals surface area contributed by atoms with E-state index in [9.17, 15) is 0 Å². The summed E-state index contributed by atoms with van der Waals surface area (Å²) in [6, 6.07) is 0. The van der Waals surface area contributed by atoms with Crippen molar-refractivity contribution in [1.82, 2.24) is 5.43 Å². The Morgan fingerprint density at radius 1 is 2.00 bits per heavy atom. The van der Waals surface area contributed by atoms with Crippen LogP contribution < -0.4 is 11.2 Å². The average molecular weight is 86.1 g/mol. The zero-order valence-corrected chi connectivity index (χ0v) is 3.01. The van der Waals surface area contributed by atoms with E-state index in [1.54, 1.807) is 0 Å². The molecule has 0 bridgehead atoms. The van der Waals surface area contributed by atoms with Crippen LogP contribution in [0.2, 0.25) is 0 Å². The third-order valence-electron chi connectivity index (χ3n) is 0.407. The number of nitrogens with two attached hydrogens (primary N) is 1. The first kappa shape index (κ1) is 3.42. The minimum Gasteiger partial charge on any atom is -0.434 e. The lowest BCUT2D eigenvalue weighted by atomic mass is 11.1. The minimum atomic E-state index is 0.231. The maximum absolute atomic E-state index is 4.99. The molecule has 0 aliphatic carbocycles. The van der Waals surface area contributed by atoms with Gasteiger partial charge in [0, 0.05) is 0 Å². The molecular weight excluding hydrogens is 82.0 g/mol. The maximum Gasteiger partial charge on any atom is 0.329 e. The number of rotatable bonds is 0. The van der Waals surface area contributed by atoms with Crippen molar-refractivity contribution >= 4 is 6.40 Å². The van der Waals surface area contributed by atoms with Crippen molar-refractivity contribution in [3.63, 3.8) is 0 Å². The fraction of sp³-hybridized carbons (Fsp3) is 0. The Morgan fingerprint density at radius 2 is 2.83 bits per heavy atom. The number of ether oxygens (including phenoxy) is 1. The van der Waals surface area contributed by atoms with Crippen molar-refractivity contribution in [3.05, 3.63) is 6.35 Å². The lowest BCUT2D eigenvalue weighted by Crippen LogP contribution is -2.20. The van der Waals surface area contributed by atoms with Gasteiger partial charge in [-0.15, -0.1) is 5.10 Å². The van der Waals surface area contributed by atoms with Crippen LogP contribution in [-0.2, 0) is 4.74 Å². The summed E-state index contributed by atoms with van der Waals surface area (Å²) in [7, 11) is 0. The Morgan fingerprint density at radius 3 is 3.00 bits per heavy atom. The monoisotopic (exact) mass is 86.0 g/mol. The highest BCUT2D eigenvalue weighted by molar-refractivity contribution is 5.48. The molecule has 0 unspecified atom stereocenters. The van der Waals surface area contributed by atoms with Crippen LogP contribution in [0.4, 0.5) is 0 Å². The first-order chi connectivity index (χ1) is 2.89. The second-order valence-corrected chi connectivity index (χ2v) is 0.828. The number of hydrogen-bond donors (Lipinski definition) is 2. The third kappa shape index (κ3) is 0.414. The number of hydrazone groups is 1. The van der Waals surface area contributed by atoms with Crippen LogP contribution in [0.3, 0.4) is 0 Å². The Labute approximate surface area is 35.0 Å². The summed E-state index contributed by atoms with van der Waals surface area (Å²) in [4.78, 5) is 0. The van der Waals surface area contributed by atoms with E-state index in [0.29, 0.717) is 0 Å². The molecule has 1 radical (unpaired) electrons. The molecule has 0 aromatic heterocycles. The lowest BCUT2D eigenvalue weighted by molar-refractivity contribution is 0.322. The van der Waals surface area contributed by atoms with E-state index in [1.165, 1.54) is 6.40 Å². The molecule has 4 nitrogen and oxygen atoms in total. The lowest BCUT2D eigenvalue weighted by Gasteiger charge is -1.93. The molecule has 0 spiro atoms. The molecule has 0 aromatic rings. The summed E-state index contributed by atoms with van der Waals surface area (Å²) in [5.74, 6) is 0. The Bertz CT molecular complexity index is 63.2. The number of nitrogens with one attached hydrogen (secondary N) is 1. The van der Waals surface area contributed by atoms with Gasteiger partial charge in [-0.1, -0.05) is 0 Å². The van der Waals surface area contributed by atoms with Crippen LogP contribution in [0, 0.1) is 6.35 Å². The van der Waals surface area contributed by atoms with Crippen molar-refractivity contribution in [2.75, 3.05) is 0 Å². The van der Waals surface area contributed by atoms with Gasteiger partial charge in [0.05, 0.1) is 0 Å². The van der Waals surface area contributed by atoms with Crippen LogP contribution in [0.25, 0.3) is 0 Å². The summed E-state index contributed by atoms with van der Waals surface area (Å²) in [6.07, 6.45) is 1.46. The van der Waals surface area contributed by atoms with Gasteiger partial charge < -0.3 is 4.74 Å². The molecule has 3 N–H and O–H groups in total. The normalized spacial score (nSPS) is 20.2. The predicted octanol–water partition coefficient (Wildman–Crippen LogP) is -1.04. The number of hydrogen-bond acceptors (Lipinski definition) is 4. The van der Waals surface area contributed by atoms with Gasteiger partial charge in [0.25, 0.3) is 0 Å². The van der Waals surface area contributed by atoms with Crippen molar-refractivity contribution in [2.24, 2.45) is 10.8 Å². The van der Waals surface area contributed by atoms with E-state index in [-0.39, 0.29) is 6.35 Å². The topological polar surface area (TPSA) is 59.6 Å². The van der Waals surface area contributed by atoms with Crippen LogP contribution in [0.15, 0.2) is 5.10 Å². The highest BCUT2D eigenvalue weighted by Gasteiger charge is 2.03. The van der Waals surface area contributed by atoms with Crippen molar-refractivity contribution in [2.45, 2.75) is 0 Å². The molecule has 0 aromatic carbocycles. The average Bonchev–Trinajstić information content (AvgIpc) is 1.86. The SMILES string of the molecule is N[C]1NN=CO1. The molecule has 0 atom stereocenters. The first-order valence-electron chi connectivity index (χ1n) is 1.46. The van der Waals surface area contributed by atoms with Gasteiger partial charge in [-0.2, -0.15) is 0 Å².